The molecule has 1 heterocycles. The van der Waals surface area contributed by atoms with Crippen LogP contribution in [-0.4, -0.2) is 16.0 Å². The molecule has 0 amide bonds. The molecule has 0 aliphatic carbocycles. The van der Waals surface area contributed by atoms with Gasteiger partial charge in [-0.3, -0.25) is 0 Å². The van der Waals surface area contributed by atoms with Crippen LogP contribution in [-0.2, 0) is 0 Å². The molecular weight excluding hydrogens is 266 g/mol. The normalized spacial score (nSPS) is 11.4. The van der Waals surface area contributed by atoms with Crippen molar-refractivity contribution in [3.05, 3.63) is 52.7 Å². The second kappa shape index (κ2) is 5.58. The van der Waals surface area contributed by atoms with Crippen molar-refractivity contribution >= 4 is 17.4 Å². The molecule has 3 N–H and O–H groups in total. The van der Waals surface area contributed by atoms with Crippen LogP contribution in [0.2, 0.25) is 5.02 Å². The number of aryl methyl sites for hydroxylation is 1. The number of aromatic nitrogens is 1. The van der Waals surface area contributed by atoms with Gasteiger partial charge in [-0.1, -0.05) is 28.9 Å². The summed E-state index contributed by atoms with van der Waals surface area (Å²) in [6.07, 6.45) is 0. The second-order valence-electron chi connectivity index (χ2n) is 3.88. The molecule has 0 aliphatic heterocycles. The molecule has 0 bridgehead atoms. The molecule has 6 heteroatoms. The summed E-state index contributed by atoms with van der Waals surface area (Å²) in [7, 11) is 0. The number of hydrogen-bond donors (Lipinski definition) is 2. The van der Waals surface area contributed by atoms with Crippen molar-refractivity contribution in [1.29, 1.82) is 0 Å². The second-order valence-corrected chi connectivity index (χ2v) is 4.29. The number of benzene rings is 1. The number of rotatable bonds is 3. The molecule has 0 saturated heterocycles. The SMILES string of the molecule is Cc1ccc(Oc2cccc(C(N)=NO)n2)c(Cl)c1. The summed E-state index contributed by atoms with van der Waals surface area (Å²) in [6.45, 7) is 1.94. The zero-order chi connectivity index (χ0) is 13.8. The predicted octanol–water partition coefficient (Wildman–Crippen LogP) is 2.93. The van der Waals surface area contributed by atoms with Gasteiger partial charge in [0.15, 0.2) is 5.84 Å². The minimum atomic E-state index is -0.0829. The maximum Gasteiger partial charge on any atom is 0.219 e. The Bertz CT molecular complexity index is 629. The molecule has 19 heavy (non-hydrogen) atoms. The van der Waals surface area contributed by atoms with Gasteiger partial charge in [0.1, 0.15) is 11.4 Å². The molecule has 0 atom stereocenters. The van der Waals surface area contributed by atoms with E-state index >= 15 is 0 Å². The molecule has 0 saturated carbocycles. The van der Waals surface area contributed by atoms with Gasteiger partial charge in [-0.25, -0.2) is 4.98 Å². The first kappa shape index (κ1) is 13.2. The van der Waals surface area contributed by atoms with Crippen LogP contribution in [0, 0.1) is 6.92 Å². The van der Waals surface area contributed by atoms with Crippen LogP contribution in [0.1, 0.15) is 11.3 Å². The number of nitrogens with zero attached hydrogens (tertiary/aromatic N) is 2. The highest BCUT2D eigenvalue weighted by atomic mass is 35.5. The summed E-state index contributed by atoms with van der Waals surface area (Å²) in [5.74, 6) is 0.728. The smallest absolute Gasteiger partial charge is 0.219 e. The van der Waals surface area contributed by atoms with E-state index in [0.717, 1.165) is 5.56 Å². The molecule has 0 radical (unpaired) electrons. The molecule has 1 aromatic heterocycles. The molecule has 98 valence electrons. The molecule has 1 aromatic carbocycles. The van der Waals surface area contributed by atoms with Gasteiger partial charge in [-0.05, 0) is 30.7 Å². The van der Waals surface area contributed by atoms with Gasteiger partial charge in [0, 0.05) is 6.07 Å². The van der Waals surface area contributed by atoms with Gasteiger partial charge in [0.05, 0.1) is 5.02 Å². The lowest BCUT2D eigenvalue weighted by atomic mass is 10.2. The van der Waals surface area contributed by atoms with Gasteiger partial charge in [0.25, 0.3) is 0 Å². The Morgan fingerprint density at radius 1 is 1.37 bits per heavy atom. The molecule has 0 spiro atoms. The first-order valence-electron chi connectivity index (χ1n) is 5.49. The number of amidine groups is 1. The molecule has 2 aromatic rings. The highest BCUT2D eigenvalue weighted by Gasteiger charge is 2.07. The Morgan fingerprint density at radius 2 is 2.16 bits per heavy atom. The zero-order valence-corrected chi connectivity index (χ0v) is 10.9. The van der Waals surface area contributed by atoms with Gasteiger partial charge in [-0.15, -0.1) is 0 Å². The third-order valence-corrected chi connectivity index (χ3v) is 2.69. The summed E-state index contributed by atoms with van der Waals surface area (Å²) in [6, 6.07) is 10.4. The summed E-state index contributed by atoms with van der Waals surface area (Å²) < 4.78 is 5.56. The van der Waals surface area contributed by atoms with E-state index in [9.17, 15) is 0 Å². The highest BCUT2D eigenvalue weighted by molar-refractivity contribution is 6.32. The lowest BCUT2D eigenvalue weighted by molar-refractivity contribution is 0.318. The van der Waals surface area contributed by atoms with Crippen molar-refractivity contribution in [3.8, 4) is 11.6 Å². The number of halogens is 1. The standard InChI is InChI=1S/C13H12ClN3O2/c1-8-5-6-11(9(14)7-8)19-12-4-2-3-10(16-12)13(15)17-18/h2-7,18H,1H3,(H2,15,17). The van der Waals surface area contributed by atoms with E-state index in [1.807, 2.05) is 13.0 Å². The van der Waals surface area contributed by atoms with E-state index < -0.39 is 0 Å². The zero-order valence-electron chi connectivity index (χ0n) is 10.2. The van der Waals surface area contributed by atoms with Crippen molar-refractivity contribution in [1.82, 2.24) is 4.98 Å². The topological polar surface area (TPSA) is 80.7 Å². The van der Waals surface area contributed by atoms with E-state index in [0.29, 0.717) is 22.3 Å². The summed E-state index contributed by atoms with van der Waals surface area (Å²) in [4.78, 5) is 4.11. The average Bonchev–Trinajstić information content (AvgIpc) is 2.41. The fourth-order valence-electron chi connectivity index (χ4n) is 1.47. The van der Waals surface area contributed by atoms with E-state index in [1.165, 1.54) is 0 Å². The Kier molecular flexibility index (Phi) is 3.87. The molecule has 0 aliphatic rings. The number of oxime groups is 1. The lowest BCUT2D eigenvalue weighted by Crippen LogP contribution is -2.14. The summed E-state index contributed by atoms with van der Waals surface area (Å²) >= 11 is 6.07. The third kappa shape index (κ3) is 3.14. The Morgan fingerprint density at radius 3 is 2.84 bits per heavy atom. The summed E-state index contributed by atoms with van der Waals surface area (Å²) in [5.41, 5.74) is 6.82. The van der Waals surface area contributed by atoms with E-state index in [4.69, 9.17) is 27.3 Å². The minimum Gasteiger partial charge on any atom is -0.437 e. The molecule has 5 nitrogen and oxygen atoms in total. The minimum absolute atomic E-state index is 0.0829. The van der Waals surface area contributed by atoms with Crippen LogP contribution in [0.4, 0.5) is 0 Å². The quantitative estimate of drug-likeness (QED) is 0.391. The van der Waals surface area contributed by atoms with Crippen LogP contribution in [0.25, 0.3) is 0 Å². The first-order valence-corrected chi connectivity index (χ1v) is 5.87. The number of ether oxygens (including phenoxy) is 1. The predicted molar refractivity (Wildman–Crippen MR) is 73.0 cm³/mol. The van der Waals surface area contributed by atoms with Gasteiger partial charge < -0.3 is 15.7 Å². The Labute approximate surface area is 115 Å². The van der Waals surface area contributed by atoms with Gasteiger partial charge in [0.2, 0.25) is 5.88 Å². The fourth-order valence-corrected chi connectivity index (χ4v) is 1.74. The van der Waals surface area contributed by atoms with E-state index in [1.54, 1.807) is 30.3 Å². The first-order chi connectivity index (χ1) is 9.10. The molecular formula is C13H12ClN3O2. The summed E-state index contributed by atoms with van der Waals surface area (Å²) in [5, 5.41) is 12.0. The average molecular weight is 278 g/mol. The lowest BCUT2D eigenvalue weighted by Gasteiger charge is -2.08. The van der Waals surface area contributed by atoms with Crippen LogP contribution in [0.15, 0.2) is 41.6 Å². The van der Waals surface area contributed by atoms with Crippen LogP contribution >= 0.6 is 11.6 Å². The van der Waals surface area contributed by atoms with Crippen molar-refractivity contribution in [2.24, 2.45) is 10.9 Å². The Balaban J connectivity index is 2.28. The molecule has 0 unspecified atom stereocenters. The fraction of sp³-hybridized carbons (Fsp3) is 0.0769. The maximum atomic E-state index is 8.60. The van der Waals surface area contributed by atoms with Gasteiger partial charge in [-0.2, -0.15) is 0 Å². The number of nitrogens with two attached hydrogens (primary N) is 1. The maximum absolute atomic E-state index is 8.60. The Hall–Kier alpha value is -2.27. The van der Waals surface area contributed by atoms with Crippen LogP contribution in [0.3, 0.4) is 0 Å². The third-order valence-electron chi connectivity index (χ3n) is 2.40. The number of hydrogen-bond acceptors (Lipinski definition) is 4. The number of pyridine rings is 1. The molecule has 0 fully saturated rings. The van der Waals surface area contributed by atoms with Crippen LogP contribution < -0.4 is 10.5 Å². The van der Waals surface area contributed by atoms with Gasteiger partial charge >= 0.3 is 0 Å². The largest absolute Gasteiger partial charge is 0.437 e. The van der Waals surface area contributed by atoms with Crippen molar-refractivity contribution in [2.75, 3.05) is 0 Å². The highest BCUT2D eigenvalue weighted by Crippen LogP contribution is 2.29. The van der Waals surface area contributed by atoms with E-state index in [-0.39, 0.29) is 5.84 Å². The monoisotopic (exact) mass is 277 g/mol. The van der Waals surface area contributed by atoms with E-state index in [2.05, 4.69) is 10.1 Å². The van der Waals surface area contributed by atoms with Crippen molar-refractivity contribution in [2.45, 2.75) is 6.92 Å². The van der Waals surface area contributed by atoms with Crippen LogP contribution in [0.5, 0.6) is 11.6 Å². The van der Waals surface area contributed by atoms with Crippen molar-refractivity contribution in [3.63, 3.8) is 0 Å². The van der Waals surface area contributed by atoms with Crippen molar-refractivity contribution < 1.29 is 9.94 Å². The molecule has 2 rings (SSSR count).